The predicted octanol–water partition coefficient (Wildman–Crippen LogP) is 4.67. The van der Waals surface area contributed by atoms with Crippen LogP contribution in [0.15, 0.2) is 54.7 Å². The number of nitrogens with zero attached hydrogens (tertiary/aromatic N) is 1. The van der Waals surface area contributed by atoms with E-state index in [2.05, 4.69) is 40.3 Å². The number of methoxy groups -OCH3 is 1. The molecule has 0 fully saturated rings. The number of hydrogen-bond acceptors (Lipinski definition) is 3. The van der Waals surface area contributed by atoms with Crippen molar-refractivity contribution in [3.05, 3.63) is 60.3 Å². The fraction of sp³-hybridized carbons (Fsp3) is 0.227. The fourth-order valence-corrected chi connectivity index (χ4v) is 3.68. The molecule has 0 aliphatic rings. The fourth-order valence-electron chi connectivity index (χ4n) is 3.68. The Hall–Kier alpha value is -2.85. The molecule has 0 radical (unpaired) electrons. The Kier molecular flexibility index (Phi) is 4.59. The molecule has 0 aliphatic carbocycles. The summed E-state index contributed by atoms with van der Waals surface area (Å²) in [6, 6.07) is 16.6. The maximum absolute atomic E-state index is 5.72. The van der Waals surface area contributed by atoms with Crippen LogP contribution in [0.25, 0.3) is 33.1 Å². The Morgan fingerprint density at radius 1 is 1.00 bits per heavy atom. The quantitative estimate of drug-likeness (QED) is 0.499. The summed E-state index contributed by atoms with van der Waals surface area (Å²) >= 11 is 0. The zero-order valence-corrected chi connectivity index (χ0v) is 15.0. The first-order valence-corrected chi connectivity index (χ1v) is 9.05. The molecule has 3 N–H and O–H groups in total. The zero-order valence-electron chi connectivity index (χ0n) is 15.0. The third kappa shape index (κ3) is 2.82. The minimum absolute atomic E-state index is 0.721. The van der Waals surface area contributed by atoms with Crippen LogP contribution in [0.4, 0.5) is 0 Å². The summed E-state index contributed by atoms with van der Waals surface area (Å²) in [7, 11) is 1.72. The van der Waals surface area contributed by atoms with E-state index in [9.17, 15) is 0 Å². The van der Waals surface area contributed by atoms with E-state index in [1.54, 1.807) is 7.11 Å². The maximum Gasteiger partial charge on any atom is 0.128 e. The highest BCUT2D eigenvalue weighted by atomic mass is 16.5. The van der Waals surface area contributed by atoms with Crippen molar-refractivity contribution in [3.63, 3.8) is 0 Å². The number of hydrogen-bond donors (Lipinski definition) is 2. The zero-order chi connectivity index (χ0) is 17.9. The van der Waals surface area contributed by atoms with Crippen molar-refractivity contribution in [2.45, 2.75) is 19.3 Å². The number of unbranched alkanes of at least 4 members (excludes halogenated alkanes) is 1. The lowest BCUT2D eigenvalue weighted by Crippen LogP contribution is -2.00. The Balaban J connectivity index is 1.99. The maximum atomic E-state index is 5.72. The van der Waals surface area contributed by atoms with Crippen LogP contribution in [0.5, 0.6) is 5.75 Å². The first kappa shape index (κ1) is 16.6. The summed E-state index contributed by atoms with van der Waals surface area (Å²) in [4.78, 5) is 8.15. The van der Waals surface area contributed by atoms with Gasteiger partial charge in [-0.05, 0) is 55.6 Å². The van der Waals surface area contributed by atoms with Crippen LogP contribution in [0.1, 0.15) is 18.4 Å². The highest BCUT2D eigenvalue weighted by Gasteiger charge is 2.18. The van der Waals surface area contributed by atoms with Gasteiger partial charge in [0.25, 0.3) is 0 Å². The first-order valence-electron chi connectivity index (χ1n) is 9.05. The van der Waals surface area contributed by atoms with Gasteiger partial charge in [0.2, 0.25) is 0 Å². The average Bonchev–Trinajstić information content (AvgIpc) is 3.05. The molecular formula is C22H23N3O. The highest BCUT2D eigenvalue weighted by molar-refractivity contribution is 6.02. The van der Waals surface area contributed by atoms with Crippen LogP contribution in [0, 0.1) is 0 Å². The molecule has 132 valence electrons. The molecule has 0 saturated heterocycles. The van der Waals surface area contributed by atoms with E-state index in [0.717, 1.165) is 59.2 Å². The van der Waals surface area contributed by atoms with Crippen molar-refractivity contribution >= 4 is 21.8 Å². The summed E-state index contributed by atoms with van der Waals surface area (Å²) in [6.45, 7) is 0.721. The SMILES string of the molecule is COc1ccc2ncccc2c1-c1[nH]c2ccccc2c1CCCCN. The van der Waals surface area contributed by atoms with E-state index in [1.807, 2.05) is 24.4 Å². The van der Waals surface area contributed by atoms with Crippen LogP contribution < -0.4 is 10.5 Å². The molecule has 4 aromatic rings. The number of nitrogens with one attached hydrogen (secondary N) is 1. The molecule has 4 nitrogen and oxygen atoms in total. The van der Waals surface area contributed by atoms with E-state index in [0.29, 0.717) is 0 Å². The second kappa shape index (κ2) is 7.18. The molecule has 0 bridgehead atoms. The van der Waals surface area contributed by atoms with Gasteiger partial charge in [-0.2, -0.15) is 0 Å². The van der Waals surface area contributed by atoms with Gasteiger partial charge in [0, 0.05) is 28.0 Å². The number of H-pyrrole nitrogens is 1. The Morgan fingerprint density at radius 3 is 2.69 bits per heavy atom. The van der Waals surface area contributed by atoms with E-state index in [-0.39, 0.29) is 0 Å². The number of pyridine rings is 1. The second-order valence-electron chi connectivity index (χ2n) is 6.48. The van der Waals surface area contributed by atoms with Gasteiger partial charge in [0.05, 0.1) is 18.3 Å². The molecule has 0 aliphatic heterocycles. The van der Waals surface area contributed by atoms with Crippen LogP contribution in [0.3, 0.4) is 0 Å². The Labute approximate surface area is 153 Å². The van der Waals surface area contributed by atoms with Gasteiger partial charge >= 0.3 is 0 Å². The number of ether oxygens (including phenoxy) is 1. The van der Waals surface area contributed by atoms with Crippen LogP contribution >= 0.6 is 0 Å². The number of fused-ring (bicyclic) bond motifs is 2. The minimum Gasteiger partial charge on any atom is -0.496 e. The van der Waals surface area contributed by atoms with E-state index in [1.165, 1.54) is 10.9 Å². The summed E-state index contributed by atoms with van der Waals surface area (Å²) in [5.74, 6) is 0.858. The first-order chi connectivity index (χ1) is 12.8. The normalized spacial score (nSPS) is 11.3. The van der Waals surface area contributed by atoms with Crippen molar-refractivity contribution in [1.82, 2.24) is 9.97 Å². The molecular weight excluding hydrogens is 322 g/mol. The van der Waals surface area contributed by atoms with Gasteiger partial charge in [0.15, 0.2) is 0 Å². The van der Waals surface area contributed by atoms with E-state index < -0.39 is 0 Å². The van der Waals surface area contributed by atoms with Crippen LogP contribution in [-0.4, -0.2) is 23.6 Å². The molecule has 0 saturated carbocycles. The number of aromatic amines is 1. The average molecular weight is 345 g/mol. The van der Waals surface area contributed by atoms with Gasteiger partial charge in [0.1, 0.15) is 5.75 Å². The molecule has 4 heteroatoms. The van der Waals surface area contributed by atoms with Crippen molar-refractivity contribution in [2.24, 2.45) is 5.73 Å². The van der Waals surface area contributed by atoms with E-state index in [4.69, 9.17) is 10.5 Å². The largest absolute Gasteiger partial charge is 0.496 e. The summed E-state index contributed by atoms with van der Waals surface area (Å²) in [5.41, 5.74) is 11.4. The topological polar surface area (TPSA) is 63.9 Å². The molecule has 2 heterocycles. The molecule has 26 heavy (non-hydrogen) atoms. The second-order valence-corrected chi connectivity index (χ2v) is 6.48. The lowest BCUT2D eigenvalue weighted by Gasteiger charge is -2.13. The van der Waals surface area contributed by atoms with Gasteiger partial charge < -0.3 is 15.5 Å². The van der Waals surface area contributed by atoms with Crippen molar-refractivity contribution in [3.8, 4) is 17.0 Å². The van der Waals surface area contributed by atoms with Crippen molar-refractivity contribution in [1.29, 1.82) is 0 Å². The predicted molar refractivity (Wildman–Crippen MR) is 108 cm³/mol. The molecule has 0 atom stereocenters. The van der Waals surface area contributed by atoms with Gasteiger partial charge in [-0.25, -0.2) is 0 Å². The smallest absolute Gasteiger partial charge is 0.128 e. The van der Waals surface area contributed by atoms with Gasteiger partial charge in [-0.15, -0.1) is 0 Å². The van der Waals surface area contributed by atoms with Crippen LogP contribution in [-0.2, 0) is 6.42 Å². The highest BCUT2D eigenvalue weighted by Crippen LogP contribution is 2.40. The number of para-hydroxylation sites is 1. The third-order valence-corrected chi connectivity index (χ3v) is 4.91. The molecule has 4 rings (SSSR count). The number of nitrogens with two attached hydrogens (primary N) is 1. The van der Waals surface area contributed by atoms with Crippen molar-refractivity contribution < 1.29 is 4.74 Å². The van der Waals surface area contributed by atoms with Gasteiger partial charge in [-0.1, -0.05) is 24.3 Å². The molecule has 0 spiro atoms. The minimum atomic E-state index is 0.721. The summed E-state index contributed by atoms with van der Waals surface area (Å²) in [5, 5.41) is 2.36. The molecule has 2 aromatic carbocycles. The Morgan fingerprint density at radius 2 is 1.85 bits per heavy atom. The lowest BCUT2D eigenvalue weighted by molar-refractivity contribution is 0.417. The number of rotatable bonds is 6. The summed E-state index contributed by atoms with van der Waals surface area (Å²) in [6.07, 6.45) is 4.90. The molecule has 2 aromatic heterocycles. The number of benzene rings is 2. The molecule has 0 amide bonds. The summed E-state index contributed by atoms with van der Waals surface area (Å²) < 4.78 is 5.72. The number of aromatic nitrogens is 2. The van der Waals surface area contributed by atoms with Crippen molar-refractivity contribution in [2.75, 3.05) is 13.7 Å². The monoisotopic (exact) mass is 345 g/mol. The van der Waals surface area contributed by atoms with Crippen LogP contribution in [0.2, 0.25) is 0 Å². The Bertz CT molecular complexity index is 1050. The lowest BCUT2D eigenvalue weighted by atomic mass is 9.97. The van der Waals surface area contributed by atoms with E-state index >= 15 is 0 Å². The number of aryl methyl sites for hydroxylation is 1. The molecule has 0 unspecified atom stereocenters. The standard InChI is InChI=1S/C22H23N3O/c1-26-20-12-11-18-17(9-6-14-24-18)21(20)22-16(8-4-5-13-23)15-7-2-3-10-19(15)25-22/h2-3,6-7,9-12,14,25H,4-5,8,13,23H2,1H3. The third-order valence-electron chi connectivity index (χ3n) is 4.91. The van der Waals surface area contributed by atoms with Gasteiger partial charge in [-0.3, -0.25) is 4.98 Å².